The summed E-state index contributed by atoms with van der Waals surface area (Å²) in [5.74, 6) is 1.66. The first-order valence-corrected chi connectivity index (χ1v) is 8.32. The number of aryl methyl sites for hydroxylation is 2. The van der Waals surface area contributed by atoms with E-state index in [1.807, 2.05) is 7.05 Å². The Labute approximate surface area is 128 Å². The van der Waals surface area contributed by atoms with Gasteiger partial charge >= 0.3 is 0 Å². The van der Waals surface area contributed by atoms with Gasteiger partial charge in [-0.2, -0.15) is 5.10 Å². The van der Waals surface area contributed by atoms with Gasteiger partial charge in [-0.3, -0.25) is 4.68 Å². The summed E-state index contributed by atoms with van der Waals surface area (Å²) in [6, 6.07) is 0.542. The summed E-state index contributed by atoms with van der Waals surface area (Å²) in [4.78, 5) is 0. The standard InChI is InChI=1S/C16H28ClN3/c1-5-8-18-15(13-7-6-11(2)9-13)10-14-12(3)19-20(4)16(14)17/h11,13,15,18H,5-10H2,1-4H3. The summed E-state index contributed by atoms with van der Waals surface area (Å²) in [6.45, 7) is 7.75. The van der Waals surface area contributed by atoms with Crippen molar-refractivity contribution in [1.29, 1.82) is 0 Å². The summed E-state index contributed by atoms with van der Waals surface area (Å²) >= 11 is 6.40. The molecule has 1 fully saturated rings. The van der Waals surface area contributed by atoms with E-state index in [-0.39, 0.29) is 0 Å². The smallest absolute Gasteiger partial charge is 0.130 e. The zero-order valence-corrected chi connectivity index (χ0v) is 14.0. The van der Waals surface area contributed by atoms with Gasteiger partial charge in [0.15, 0.2) is 0 Å². The van der Waals surface area contributed by atoms with Crippen LogP contribution in [0.2, 0.25) is 5.15 Å². The Morgan fingerprint density at radius 1 is 1.45 bits per heavy atom. The highest BCUT2D eigenvalue weighted by molar-refractivity contribution is 6.30. The van der Waals surface area contributed by atoms with Crippen LogP contribution in [0.25, 0.3) is 0 Å². The first-order chi connectivity index (χ1) is 9.52. The molecule has 4 heteroatoms. The summed E-state index contributed by atoms with van der Waals surface area (Å²) < 4.78 is 1.79. The van der Waals surface area contributed by atoms with Crippen LogP contribution in [0.5, 0.6) is 0 Å². The van der Waals surface area contributed by atoms with Crippen LogP contribution >= 0.6 is 11.6 Å². The maximum absolute atomic E-state index is 6.40. The van der Waals surface area contributed by atoms with Gasteiger partial charge in [-0.15, -0.1) is 0 Å². The largest absolute Gasteiger partial charge is 0.313 e. The second-order valence-corrected chi connectivity index (χ2v) is 6.78. The third-order valence-electron chi connectivity index (χ3n) is 4.65. The van der Waals surface area contributed by atoms with E-state index in [2.05, 4.69) is 31.2 Å². The molecule has 0 spiro atoms. The average Bonchev–Trinajstić information content (AvgIpc) is 2.93. The fraction of sp³-hybridized carbons (Fsp3) is 0.812. The van der Waals surface area contributed by atoms with Crippen LogP contribution in [0.15, 0.2) is 0 Å². The molecule has 3 nitrogen and oxygen atoms in total. The molecular formula is C16H28ClN3. The number of rotatable bonds is 6. The van der Waals surface area contributed by atoms with E-state index in [4.69, 9.17) is 11.6 Å². The Morgan fingerprint density at radius 2 is 2.20 bits per heavy atom. The van der Waals surface area contributed by atoms with E-state index in [0.29, 0.717) is 6.04 Å². The monoisotopic (exact) mass is 297 g/mol. The SMILES string of the molecule is CCCNC(Cc1c(C)nn(C)c1Cl)C1CCC(C)C1. The molecule has 1 aromatic heterocycles. The Morgan fingerprint density at radius 3 is 2.70 bits per heavy atom. The quantitative estimate of drug-likeness (QED) is 0.867. The molecule has 0 amide bonds. The predicted molar refractivity (Wildman–Crippen MR) is 85.2 cm³/mol. The van der Waals surface area contributed by atoms with Gasteiger partial charge in [0.25, 0.3) is 0 Å². The van der Waals surface area contributed by atoms with Crippen LogP contribution in [0.1, 0.15) is 50.8 Å². The molecule has 1 aliphatic carbocycles. The zero-order chi connectivity index (χ0) is 14.7. The average molecular weight is 298 g/mol. The van der Waals surface area contributed by atoms with Gasteiger partial charge in [-0.25, -0.2) is 0 Å². The summed E-state index contributed by atoms with van der Waals surface area (Å²) in [5.41, 5.74) is 2.30. The molecular weight excluding hydrogens is 270 g/mol. The van der Waals surface area contributed by atoms with Crippen molar-refractivity contribution in [1.82, 2.24) is 15.1 Å². The van der Waals surface area contributed by atoms with Crippen LogP contribution in [0.3, 0.4) is 0 Å². The Hall–Kier alpha value is -0.540. The maximum atomic E-state index is 6.40. The molecule has 114 valence electrons. The topological polar surface area (TPSA) is 29.9 Å². The fourth-order valence-corrected chi connectivity index (χ4v) is 3.73. The molecule has 1 saturated carbocycles. The molecule has 20 heavy (non-hydrogen) atoms. The van der Waals surface area contributed by atoms with Crippen LogP contribution in [-0.4, -0.2) is 22.4 Å². The van der Waals surface area contributed by atoms with E-state index in [1.54, 1.807) is 4.68 Å². The van der Waals surface area contributed by atoms with Crippen molar-refractivity contribution in [3.05, 3.63) is 16.4 Å². The molecule has 0 aliphatic heterocycles. The highest BCUT2D eigenvalue weighted by Gasteiger charge is 2.29. The third-order valence-corrected chi connectivity index (χ3v) is 5.13. The predicted octanol–water partition coefficient (Wildman–Crippen LogP) is 3.73. The van der Waals surface area contributed by atoms with Gasteiger partial charge in [0, 0.05) is 18.7 Å². The lowest BCUT2D eigenvalue weighted by molar-refractivity contribution is 0.348. The molecule has 1 aliphatic rings. The van der Waals surface area contributed by atoms with Crippen molar-refractivity contribution in [3.8, 4) is 0 Å². The van der Waals surface area contributed by atoms with Gasteiger partial charge in [0.2, 0.25) is 0 Å². The Kier molecular flexibility index (Phi) is 5.50. The second-order valence-electron chi connectivity index (χ2n) is 6.42. The van der Waals surface area contributed by atoms with Crippen molar-refractivity contribution in [2.45, 2.75) is 58.9 Å². The van der Waals surface area contributed by atoms with E-state index < -0.39 is 0 Å². The normalized spacial score (nSPS) is 24.2. The summed E-state index contributed by atoms with van der Waals surface area (Å²) in [6.07, 6.45) is 6.25. The van der Waals surface area contributed by atoms with Crippen molar-refractivity contribution in [2.75, 3.05) is 6.54 Å². The molecule has 1 aromatic rings. The van der Waals surface area contributed by atoms with E-state index >= 15 is 0 Å². The van der Waals surface area contributed by atoms with Crippen molar-refractivity contribution in [2.24, 2.45) is 18.9 Å². The van der Waals surface area contributed by atoms with Gasteiger partial charge in [0.05, 0.1) is 5.69 Å². The van der Waals surface area contributed by atoms with E-state index in [0.717, 1.165) is 35.6 Å². The van der Waals surface area contributed by atoms with Crippen LogP contribution in [0, 0.1) is 18.8 Å². The number of hydrogen-bond donors (Lipinski definition) is 1. The van der Waals surface area contributed by atoms with Gasteiger partial charge in [-0.05, 0) is 51.0 Å². The highest BCUT2D eigenvalue weighted by Crippen LogP contribution is 2.34. The molecule has 0 radical (unpaired) electrons. The Bertz CT molecular complexity index is 441. The van der Waals surface area contributed by atoms with Crippen LogP contribution in [-0.2, 0) is 13.5 Å². The summed E-state index contributed by atoms with van der Waals surface area (Å²) in [7, 11) is 1.92. The minimum absolute atomic E-state index is 0.542. The number of nitrogens with zero attached hydrogens (tertiary/aromatic N) is 2. The molecule has 3 unspecified atom stereocenters. The van der Waals surface area contributed by atoms with E-state index in [9.17, 15) is 0 Å². The first-order valence-electron chi connectivity index (χ1n) is 7.94. The second kappa shape index (κ2) is 6.95. The molecule has 2 rings (SSSR count). The molecule has 1 heterocycles. The Balaban J connectivity index is 2.10. The maximum Gasteiger partial charge on any atom is 0.130 e. The van der Waals surface area contributed by atoms with Crippen LogP contribution in [0.4, 0.5) is 0 Å². The number of hydrogen-bond acceptors (Lipinski definition) is 2. The van der Waals surface area contributed by atoms with Gasteiger partial charge < -0.3 is 5.32 Å². The van der Waals surface area contributed by atoms with E-state index in [1.165, 1.54) is 31.2 Å². The van der Waals surface area contributed by atoms with Crippen LogP contribution < -0.4 is 5.32 Å². The number of nitrogens with one attached hydrogen (secondary N) is 1. The minimum Gasteiger partial charge on any atom is -0.313 e. The minimum atomic E-state index is 0.542. The molecule has 0 bridgehead atoms. The molecule has 0 aromatic carbocycles. The lowest BCUT2D eigenvalue weighted by Crippen LogP contribution is -2.37. The highest BCUT2D eigenvalue weighted by atomic mass is 35.5. The number of aromatic nitrogens is 2. The van der Waals surface area contributed by atoms with Crippen molar-refractivity contribution < 1.29 is 0 Å². The summed E-state index contributed by atoms with van der Waals surface area (Å²) in [5, 5.41) is 8.99. The molecule has 0 saturated heterocycles. The van der Waals surface area contributed by atoms with Crippen molar-refractivity contribution >= 4 is 11.6 Å². The zero-order valence-electron chi connectivity index (χ0n) is 13.2. The van der Waals surface area contributed by atoms with Gasteiger partial charge in [0.1, 0.15) is 5.15 Å². The fourth-order valence-electron chi connectivity index (χ4n) is 3.48. The first kappa shape index (κ1) is 15.8. The third kappa shape index (κ3) is 3.56. The van der Waals surface area contributed by atoms with Crippen molar-refractivity contribution in [3.63, 3.8) is 0 Å². The molecule has 1 N–H and O–H groups in total. The number of halogens is 1. The lowest BCUT2D eigenvalue weighted by atomic mass is 9.91. The van der Waals surface area contributed by atoms with Gasteiger partial charge in [-0.1, -0.05) is 31.9 Å². The lowest BCUT2D eigenvalue weighted by Gasteiger charge is -2.25. The molecule has 3 atom stereocenters.